The zero-order chi connectivity index (χ0) is 12.8. The highest BCUT2D eigenvalue weighted by Crippen LogP contribution is 2.18. The molecule has 0 spiro atoms. The topological polar surface area (TPSA) is 37.8 Å². The molecule has 0 saturated heterocycles. The van der Waals surface area contributed by atoms with Gasteiger partial charge < -0.3 is 5.32 Å². The van der Waals surface area contributed by atoms with E-state index < -0.39 is 0 Å². The fraction of sp³-hybridized carbons (Fsp3) is 0.714. The van der Waals surface area contributed by atoms with Crippen LogP contribution in [0.25, 0.3) is 0 Å². The molecule has 0 atom stereocenters. The molecule has 0 bridgehead atoms. The molecule has 1 fully saturated rings. The van der Waals surface area contributed by atoms with Crippen molar-refractivity contribution >= 4 is 11.8 Å². The van der Waals surface area contributed by atoms with E-state index in [0.717, 1.165) is 34.9 Å². The third kappa shape index (κ3) is 4.58. The van der Waals surface area contributed by atoms with Gasteiger partial charge >= 0.3 is 0 Å². The summed E-state index contributed by atoms with van der Waals surface area (Å²) in [7, 11) is 0. The first-order valence-electron chi connectivity index (χ1n) is 6.92. The van der Waals surface area contributed by atoms with Gasteiger partial charge in [0.1, 0.15) is 0 Å². The van der Waals surface area contributed by atoms with Crippen LogP contribution < -0.4 is 5.32 Å². The van der Waals surface area contributed by atoms with Crippen molar-refractivity contribution < 1.29 is 0 Å². The molecule has 100 valence electrons. The molecule has 0 aromatic carbocycles. The van der Waals surface area contributed by atoms with Crippen LogP contribution >= 0.6 is 11.8 Å². The van der Waals surface area contributed by atoms with Crippen LogP contribution in [0.15, 0.2) is 11.2 Å². The van der Waals surface area contributed by atoms with Crippen LogP contribution in [0.1, 0.15) is 43.5 Å². The maximum atomic E-state index is 4.44. The SMILES string of the molecule is Cc1cc(C)nc(SCCNC2CCCCC2)n1. The minimum absolute atomic E-state index is 0.750. The van der Waals surface area contributed by atoms with Crippen LogP contribution in [0.5, 0.6) is 0 Å². The number of thioether (sulfide) groups is 1. The number of hydrogen-bond donors (Lipinski definition) is 1. The fourth-order valence-corrected chi connectivity index (χ4v) is 3.29. The molecule has 0 unspecified atom stereocenters. The Hall–Kier alpha value is -0.610. The Morgan fingerprint density at radius 3 is 2.50 bits per heavy atom. The van der Waals surface area contributed by atoms with Crippen molar-refractivity contribution in [3.8, 4) is 0 Å². The predicted molar refractivity (Wildman–Crippen MR) is 77.1 cm³/mol. The highest BCUT2D eigenvalue weighted by molar-refractivity contribution is 7.99. The third-order valence-corrected chi connectivity index (χ3v) is 4.18. The normalized spacial score (nSPS) is 17.0. The van der Waals surface area contributed by atoms with Crippen LogP contribution in [0.2, 0.25) is 0 Å². The molecular weight excluding hydrogens is 242 g/mol. The Bertz CT molecular complexity index is 355. The van der Waals surface area contributed by atoms with Crippen LogP contribution in [0, 0.1) is 13.8 Å². The standard InChI is InChI=1S/C14H23N3S/c1-11-10-12(2)17-14(16-11)18-9-8-15-13-6-4-3-5-7-13/h10,13,15H,3-9H2,1-2H3. The van der Waals surface area contributed by atoms with Gasteiger partial charge in [0.05, 0.1) is 0 Å². The minimum atomic E-state index is 0.750. The lowest BCUT2D eigenvalue weighted by Crippen LogP contribution is -2.32. The number of nitrogens with one attached hydrogen (secondary N) is 1. The molecule has 1 aliphatic rings. The monoisotopic (exact) mass is 265 g/mol. The average molecular weight is 265 g/mol. The molecule has 1 N–H and O–H groups in total. The predicted octanol–water partition coefficient (Wildman–Crippen LogP) is 3.11. The Labute approximate surface area is 114 Å². The Morgan fingerprint density at radius 1 is 1.17 bits per heavy atom. The zero-order valence-corrected chi connectivity index (χ0v) is 12.2. The summed E-state index contributed by atoms with van der Waals surface area (Å²) in [5, 5.41) is 4.56. The third-order valence-electron chi connectivity index (χ3n) is 3.33. The van der Waals surface area contributed by atoms with E-state index in [1.807, 2.05) is 19.9 Å². The second kappa shape index (κ2) is 7.10. The van der Waals surface area contributed by atoms with E-state index in [2.05, 4.69) is 15.3 Å². The summed E-state index contributed by atoms with van der Waals surface area (Å²) in [6.07, 6.45) is 6.91. The molecule has 0 radical (unpaired) electrons. The van der Waals surface area contributed by atoms with Gasteiger partial charge in [-0.05, 0) is 32.8 Å². The quantitative estimate of drug-likeness (QED) is 0.504. The van der Waals surface area contributed by atoms with E-state index in [-0.39, 0.29) is 0 Å². The molecule has 0 amide bonds. The van der Waals surface area contributed by atoms with Crippen molar-refractivity contribution in [1.82, 2.24) is 15.3 Å². The summed E-state index contributed by atoms with van der Waals surface area (Å²) in [4.78, 5) is 8.88. The van der Waals surface area contributed by atoms with Crippen molar-refractivity contribution in [1.29, 1.82) is 0 Å². The molecule has 4 heteroatoms. The fourth-order valence-electron chi connectivity index (χ4n) is 2.47. The van der Waals surface area contributed by atoms with E-state index >= 15 is 0 Å². The summed E-state index contributed by atoms with van der Waals surface area (Å²) < 4.78 is 0. The first-order chi connectivity index (χ1) is 8.74. The average Bonchev–Trinajstić information content (AvgIpc) is 2.35. The number of aromatic nitrogens is 2. The maximum absolute atomic E-state index is 4.44. The van der Waals surface area contributed by atoms with Gasteiger partial charge in [0.2, 0.25) is 0 Å². The highest BCUT2D eigenvalue weighted by Gasteiger charge is 2.11. The molecule has 0 aliphatic heterocycles. The number of hydrogen-bond acceptors (Lipinski definition) is 4. The zero-order valence-electron chi connectivity index (χ0n) is 11.4. The molecular formula is C14H23N3S. The molecule has 3 nitrogen and oxygen atoms in total. The van der Waals surface area contributed by atoms with Gasteiger partial charge in [0.25, 0.3) is 0 Å². The molecule has 1 heterocycles. The summed E-state index contributed by atoms with van der Waals surface area (Å²) in [5.41, 5.74) is 2.12. The van der Waals surface area contributed by atoms with Gasteiger partial charge in [-0.1, -0.05) is 31.0 Å². The summed E-state index contributed by atoms with van der Waals surface area (Å²) in [5.74, 6) is 1.05. The Balaban J connectivity index is 1.68. The highest BCUT2D eigenvalue weighted by atomic mass is 32.2. The lowest BCUT2D eigenvalue weighted by atomic mass is 9.96. The molecule has 1 saturated carbocycles. The second-order valence-corrected chi connectivity index (χ2v) is 6.13. The van der Waals surface area contributed by atoms with E-state index in [0.29, 0.717) is 0 Å². The van der Waals surface area contributed by atoms with Crippen molar-refractivity contribution in [2.45, 2.75) is 57.1 Å². The van der Waals surface area contributed by atoms with Crippen molar-refractivity contribution in [2.75, 3.05) is 12.3 Å². The van der Waals surface area contributed by atoms with Gasteiger partial charge in [0, 0.05) is 29.7 Å². The van der Waals surface area contributed by atoms with Crippen LogP contribution in [0.4, 0.5) is 0 Å². The molecule has 1 aromatic heterocycles. The first kappa shape index (κ1) is 13.8. The van der Waals surface area contributed by atoms with E-state index in [4.69, 9.17) is 0 Å². The van der Waals surface area contributed by atoms with Gasteiger partial charge in [-0.25, -0.2) is 9.97 Å². The Morgan fingerprint density at radius 2 is 1.83 bits per heavy atom. The largest absolute Gasteiger partial charge is 0.313 e. The number of nitrogens with zero attached hydrogens (tertiary/aromatic N) is 2. The molecule has 1 aliphatic carbocycles. The lowest BCUT2D eigenvalue weighted by molar-refractivity contribution is 0.381. The van der Waals surface area contributed by atoms with Gasteiger partial charge in [-0.2, -0.15) is 0 Å². The minimum Gasteiger partial charge on any atom is -0.313 e. The lowest BCUT2D eigenvalue weighted by Gasteiger charge is -2.22. The molecule has 18 heavy (non-hydrogen) atoms. The van der Waals surface area contributed by atoms with E-state index in [1.165, 1.54) is 32.1 Å². The summed E-state index contributed by atoms with van der Waals surface area (Å²) in [6.45, 7) is 5.11. The van der Waals surface area contributed by atoms with Crippen LogP contribution in [-0.2, 0) is 0 Å². The number of rotatable bonds is 5. The maximum Gasteiger partial charge on any atom is 0.188 e. The summed E-state index contributed by atoms with van der Waals surface area (Å²) in [6, 6.07) is 2.77. The van der Waals surface area contributed by atoms with Crippen molar-refractivity contribution in [3.63, 3.8) is 0 Å². The smallest absolute Gasteiger partial charge is 0.188 e. The first-order valence-corrected chi connectivity index (χ1v) is 7.91. The van der Waals surface area contributed by atoms with E-state index in [1.54, 1.807) is 11.8 Å². The van der Waals surface area contributed by atoms with Crippen LogP contribution in [-0.4, -0.2) is 28.3 Å². The van der Waals surface area contributed by atoms with Crippen molar-refractivity contribution in [2.24, 2.45) is 0 Å². The van der Waals surface area contributed by atoms with E-state index in [9.17, 15) is 0 Å². The van der Waals surface area contributed by atoms with Gasteiger partial charge in [-0.3, -0.25) is 0 Å². The Kier molecular flexibility index (Phi) is 5.45. The second-order valence-electron chi connectivity index (χ2n) is 5.07. The molecule has 1 aromatic rings. The molecule has 2 rings (SSSR count). The van der Waals surface area contributed by atoms with Gasteiger partial charge in [0.15, 0.2) is 5.16 Å². The van der Waals surface area contributed by atoms with Gasteiger partial charge in [-0.15, -0.1) is 0 Å². The summed E-state index contributed by atoms with van der Waals surface area (Å²) >= 11 is 1.75. The van der Waals surface area contributed by atoms with Crippen molar-refractivity contribution in [3.05, 3.63) is 17.5 Å². The number of aryl methyl sites for hydroxylation is 2. The van der Waals surface area contributed by atoms with Crippen LogP contribution in [0.3, 0.4) is 0 Å².